The van der Waals surface area contributed by atoms with Crippen molar-refractivity contribution in [2.75, 3.05) is 20.8 Å². The predicted octanol–water partition coefficient (Wildman–Crippen LogP) is 1.35. The SMILES string of the molecule is COc1cc2c(cc1OC)[C@H]1Cc3cc(O)c(O)cc3C[NH+]1CC2. The lowest BCUT2D eigenvalue weighted by Gasteiger charge is -2.38. The molecule has 2 atom stereocenters. The van der Waals surface area contributed by atoms with Crippen molar-refractivity contribution in [2.45, 2.75) is 25.4 Å². The molecule has 5 nitrogen and oxygen atoms in total. The van der Waals surface area contributed by atoms with E-state index in [-0.39, 0.29) is 11.5 Å². The molecule has 1 unspecified atom stereocenters. The fraction of sp³-hybridized carbons (Fsp3) is 0.368. The third-order valence-electron chi connectivity index (χ3n) is 5.37. The number of methoxy groups -OCH3 is 2. The number of hydrogen-bond donors (Lipinski definition) is 3. The van der Waals surface area contributed by atoms with Crippen LogP contribution in [0.15, 0.2) is 24.3 Å². The summed E-state index contributed by atoms with van der Waals surface area (Å²) in [5.41, 5.74) is 4.85. The zero-order chi connectivity index (χ0) is 16.8. The van der Waals surface area contributed by atoms with E-state index in [4.69, 9.17) is 9.47 Å². The lowest BCUT2D eigenvalue weighted by molar-refractivity contribution is -0.949. The molecule has 2 aromatic rings. The summed E-state index contributed by atoms with van der Waals surface area (Å²) in [6.07, 6.45) is 1.85. The first-order valence-electron chi connectivity index (χ1n) is 8.23. The molecule has 4 rings (SSSR count). The first kappa shape index (κ1) is 15.1. The quantitative estimate of drug-likeness (QED) is 0.729. The van der Waals surface area contributed by atoms with Crippen LogP contribution in [0, 0.1) is 0 Å². The molecule has 2 aliphatic rings. The highest BCUT2D eigenvalue weighted by molar-refractivity contribution is 5.51. The van der Waals surface area contributed by atoms with Crippen molar-refractivity contribution in [2.24, 2.45) is 0 Å². The van der Waals surface area contributed by atoms with Crippen LogP contribution in [0.3, 0.4) is 0 Å². The maximum absolute atomic E-state index is 9.82. The Labute approximate surface area is 141 Å². The normalized spacial score (nSPS) is 21.4. The maximum atomic E-state index is 9.82. The van der Waals surface area contributed by atoms with Gasteiger partial charge in [0.05, 0.1) is 20.8 Å². The van der Waals surface area contributed by atoms with Crippen molar-refractivity contribution in [3.63, 3.8) is 0 Å². The van der Waals surface area contributed by atoms with Gasteiger partial charge in [0.15, 0.2) is 23.0 Å². The highest BCUT2D eigenvalue weighted by Gasteiger charge is 2.36. The van der Waals surface area contributed by atoms with E-state index in [2.05, 4.69) is 12.1 Å². The molecule has 0 aromatic heterocycles. The second-order valence-electron chi connectivity index (χ2n) is 6.61. The zero-order valence-electron chi connectivity index (χ0n) is 13.9. The maximum Gasteiger partial charge on any atom is 0.161 e. The van der Waals surface area contributed by atoms with Crippen molar-refractivity contribution in [1.29, 1.82) is 0 Å². The summed E-state index contributed by atoms with van der Waals surface area (Å²) in [5.74, 6) is 1.46. The second kappa shape index (κ2) is 5.60. The second-order valence-corrected chi connectivity index (χ2v) is 6.61. The van der Waals surface area contributed by atoms with Crippen LogP contribution in [0.4, 0.5) is 0 Å². The van der Waals surface area contributed by atoms with Gasteiger partial charge in [-0.15, -0.1) is 0 Å². The van der Waals surface area contributed by atoms with Crippen molar-refractivity contribution < 1.29 is 24.6 Å². The van der Waals surface area contributed by atoms with Crippen LogP contribution < -0.4 is 14.4 Å². The molecule has 0 fully saturated rings. The topological polar surface area (TPSA) is 63.4 Å². The zero-order valence-corrected chi connectivity index (χ0v) is 13.9. The van der Waals surface area contributed by atoms with Gasteiger partial charge in [-0.25, -0.2) is 0 Å². The summed E-state index contributed by atoms with van der Waals surface area (Å²) in [7, 11) is 3.32. The van der Waals surface area contributed by atoms with Gasteiger partial charge < -0.3 is 24.6 Å². The third-order valence-corrected chi connectivity index (χ3v) is 5.37. The number of hydrogen-bond acceptors (Lipinski definition) is 4. The summed E-state index contributed by atoms with van der Waals surface area (Å²) in [6, 6.07) is 7.94. The van der Waals surface area contributed by atoms with Crippen molar-refractivity contribution >= 4 is 0 Å². The van der Waals surface area contributed by atoms with Crippen LogP contribution >= 0.6 is 0 Å². The molecule has 5 heteroatoms. The van der Waals surface area contributed by atoms with Gasteiger partial charge in [-0.2, -0.15) is 0 Å². The summed E-state index contributed by atoms with van der Waals surface area (Å²) in [6.45, 7) is 1.91. The van der Waals surface area contributed by atoms with Crippen molar-refractivity contribution in [3.05, 3.63) is 46.5 Å². The molecular weight excluding hydrogens is 306 g/mol. The van der Waals surface area contributed by atoms with Crippen LogP contribution in [0.5, 0.6) is 23.0 Å². The molecule has 24 heavy (non-hydrogen) atoms. The molecule has 0 saturated heterocycles. The number of benzene rings is 2. The molecular formula is C19H22NO4+. The lowest BCUT2D eigenvalue weighted by Crippen LogP contribution is -3.13. The van der Waals surface area contributed by atoms with Crippen LogP contribution in [-0.4, -0.2) is 31.0 Å². The van der Waals surface area contributed by atoms with Gasteiger partial charge >= 0.3 is 0 Å². The summed E-state index contributed by atoms with van der Waals surface area (Å²) < 4.78 is 10.9. The summed E-state index contributed by atoms with van der Waals surface area (Å²) in [5, 5.41) is 19.6. The molecule has 0 spiro atoms. The molecule has 0 radical (unpaired) electrons. The number of fused-ring (bicyclic) bond motifs is 4. The first-order valence-corrected chi connectivity index (χ1v) is 8.23. The van der Waals surface area contributed by atoms with Crippen molar-refractivity contribution in [3.8, 4) is 23.0 Å². The molecule has 0 aliphatic carbocycles. The van der Waals surface area contributed by atoms with Gasteiger partial charge in [0.1, 0.15) is 12.6 Å². The number of phenols is 2. The van der Waals surface area contributed by atoms with Gasteiger partial charge in [-0.3, -0.25) is 0 Å². The highest BCUT2D eigenvalue weighted by atomic mass is 16.5. The van der Waals surface area contributed by atoms with Gasteiger partial charge in [0.2, 0.25) is 0 Å². The van der Waals surface area contributed by atoms with Gasteiger partial charge in [-0.1, -0.05) is 0 Å². The minimum Gasteiger partial charge on any atom is -0.504 e. The third kappa shape index (κ3) is 2.27. The molecule has 126 valence electrons. The van der Waals surface area contributed by atoms with E-state index in [1.54, 1.807) is 26.4 Å². The standard InChI is InChI=1S/C19H21NO4/c1-23-18-8-11-3-4-20-10-13-7-17(22)16(21)6-12(13)5-15(20)14(11)9-19(18)24-2/h6-9,15,21-22H,3-5,10H2,1-2H3/p+1/t15-/m1/s1. The Kier molecular flexibility index (Phi) is 3.53. The van der Waals surface area contributed by atoms with E-state index in [9.17, 15) is 10.2 Å². The smallest absolute Gasteiger partial charge is 0.161 e. The van der Waals surface area contributed by atoms with E-state index in [1.165, 1.54) is 16.0 Å². The van der Waals surface area contributed by atoms with Crippen LogP contribution in [0.25, 0.3) is 0 Å². The average Bonchev–Trinajstić information content (AvgIpc) is 2.60. The molecule has 0 bridgehead atoms. The Morgan fingerprint density at radius 2 is 1.58 bits per heavy atom. The first-order chi connectivity index (χ1) is 11.6. The number of ether oxygens (including phenoxy) is 2. The molecule has 3 N–H and O–H groups in total. The van der Waals surface area contributed by atoms with Crippen molar-refractivity contribution in [1.82, 2.24) is 0 Å². The molecule has 2 aliphatic heterocycles. The van der Waals surface area contributed by atoms with Crippen LogP contribution in [0.1, 0.15) is 28.3 Å². The van der Waals surface area contributed by atoms with E-state index in [0.717, 1.165) is 48.6 Å². The summed E-state index contributed by atoms with van der Waals surface area (Å²) in [4.78, 5) is 1.49. The van der Waals surface area contributed by atoms with Crippen LogP contribution in [0.2, 0.25) is 0 Å². The summed E-state index contributed by atoms with van der Waals surface area (Å²) >= 11 is 0. The minimum atomic E-state index is -0.0412. The van der Waals surface area contributed by atoms with E-state index >= 15 is 0 Å². The Balaban J connectivity index is 1.77. The van der Waals surface area contributed by atoms with Gasteiger partial charge in [0, 0.05) is 24.0 Å². The minimum absolute atomic E-state index is 0.0320. The molecule has 2 aromatic carbocycles. The predicted molar refractivity (Wildman–Crippen MR) is 89.0 cm³/mol. The fourth-order valence-corrected chi connectivity index (χ4v) is 4.12. The largest absolute Gasteiger partial charge is 0.504 e. The number of nitrogens with one attached hydrogen (secondary N) is 1. The Bertz CT molecular complexity index is 802. The lowest BCUT2D eigenvalue weighted by atomic mass is 9.83. The Hall–Kier alpha value is -2.40. The number of quaternary nitrogens is 1. The van der Waals surface area contributed by atoms with E-state index < -0.39 is 0 Å². The van der Waals surface area contributed by atoms with E-state index in [1.807, 2.05) is 0 Å². The molecule has 2 heterocycles. The molecule has 0 amide bonds. The number of rotatable bonds is 2. The monoisotopic (exact) mass is 328 g/mol. The number of phenolic OH excluding ortho intramolecular Hbond substituents is 2. The fourth-order valence-electron chi connectivity index (χ4n) is 4.12. The Morgan fingerprint density at radius 1 is 0.917 bits per heavy atom. The average molecular weight is 328 g/mol. The Morgan fingerprint density at radius 3 is 2.29 bits per heavy atom. The highest BCUT2D eigenvalue weighted by Crippen LogP contribution is 2.38. The number of aromatic hydroxyl groups is 2. The molecule has 0 saturated carbocycles. The van der Waals surface area contributed by atoms with E-state index in [0.29, 0.717) is 6.04 Å². The van der Waals surface area contributed by atoms with Gasteiger partial charge in [0.25, 0.3) is 0 Å². The van der Waals surface area contributed by atoms with Gasteiger partial charge in [-0.05, 0) is 35.4 Å². The van der Waals surface area contributed by atoms with Crippen LogP contribution in [-0.2, 0) is 19.4 Å².